The molecule has 0 saturated heterocycles. The molecule has 0 heterocycles. The first kappa shape index (κ1) is 20.1. The van der Waals surface area contributed by atoms with Gasteiger partial charge in [0.05, 0.1) is 13.2 Å². The first-order chi connectivity index (χ1) is 9.41. The molecule has 0 amide bonds. The normalized spacial score (nSPS) is 14.0. The number of hydrogen-bond acceptors (Lipinski definition) is 4. The third kappa shape index (κ3) is 14.5. The molecule has 0 aliphatic rings. The summed E-state index contributed by atoms with van der Waals surface area (Å²) in [5, 5.41) is 0.627. The van der Waals surface area contributed by atoms with Gasteiger partial charge in [-0.1, -0.05) is 17.7 Å². The van der Waals surface area contributed by atoms with E-state index in [-0.39, 0.29) is 5.25 Å². The van der Waals surface area contributed by atoms with Crippen LogP contribution in [0.5, 0.6) is 0 Å². The van der Waals surface area contributed by atoms with Gasteiger partial charge in [-0.05, 0) is 39.5 Å². The monoisotopic (exact) mass is 317 g/mol. The third-order valence-corrected chi connectivity index (χ3v) is 3.59. The Labute approximate surface area is 135 Å². The Kier molecular flexibility index (Phi) is 12.9. The van der Waals surface area contributed by atoms with E-state index in [0.29, 0.717) is 25.1 Å². The second kappa shape index (κ2) is 12.8. The second-order valence-electron chi connectivity index (χ2n) is 5.32. The van der Waals surface area contributed by atoms with Crippen molar-refractivity contribution in [3.63, 3.8) is 0 Å². The SMILES string of the molecule is [CH]=C(C)CC(S)CCOCCOCCC(S)CC(=C)C. The summed E-state index contributed by atoms with van der Waals surface area (Å²) in [6.45, 7) is 16.1. The molecule has 2 unspecified atom stereocenters. The molecule has 0 aromatic rings. The minimum atomic E-state index is 0.285. The van der Waals surface area contributed by atoms with Crippen LogP contribution >= 0.6 is 25.3 Å². The molecule has 0 bridgehead atoms. The zero-order chi connectivity index (χ0) is 15.4. The lowest BCUT2D eigenvalue weighted by Gasteiger charge is -2.12. The van der Waals surface area contributed by atoms with Gasteiger partial charge in [0.1, 0.15) is 0 Å². The third-order valence-electron chi connectivity index (χ3n) is 2.70. The van der Waals surface area contributed by atoms with Crippen LogP contribution in [0.15, 0.2) is 17.7 Å². The van der Waals surface area contributed by atoms with Gasteiger partial charge in [-0.2, -0.15) is 25.3 Å². The standard InChI is InChI=1S/C16H29O2S2/c1-13(2)11-15(19)5-7-17-9-10-18-8-6-16(20)12-14(3)4/h1,15-16,19-20H,3,5-12H2,2,4H3. The molecule has 2 nitrogen and oxygen atoms in total. The van der Waals surface area contributed by atoms with Crippen molar-refractivity contribution in [2.75, 3.05) is 26.4 Å². The quantitative estimate of drug-likeness (QED) is 0.302. The van der Waals surface area contributed by atoms with Crippen LogP contribution in [0.3, 0.4) is 0 Å². The van der Waals surface area contributed by atoms with Crippen LogP contribution in [0.25, 0.3) is 0 Å². The zero-order valence-corrected chi connectivity index (χ0v) is 14.6. The number of rotatable bonds is 13. The lowest BCUT2D eigenvalue weighted by molar-refractivity contribution is 0.0459. The highest BCUT2D eigenvalue weighted by Crippen LogP contribution is 2.12. The summed E-state index contributed by atoms with van der Waals surface area (Å²) in [5.74, 6) is 0. The van der Waals surface area contributed by atoms with Gasteiger partial charge in [0.2, 0.25) is 0 Å². The lowest BCUT2D eigenvalue weighted by Crippen LogP contribution is -2.11. The molecule has 0 spiro atoms. The Morgan fingerprint density at radius 3 is 1.80 bits per heavy atom. The Morgan fingerprint density at radius 2 is 1.40 bits per heavy atom. The molecule has 2 atom stereocenters. The fourth-order valence-corrected chi connectivity index (χ4v) is 2.55. The van der Waals surface area contributed by atoms with Gasteiger partial charge in [0.25, 0.3) is 0 Å². The number of hydrogen-bond donors (Lipinski definition) is 2. The van der Waals surface area contributed by atoms with Gasteiger partial charge >= 0.3 is 0 Å². The van der Waals surface area contributed by atoms with Crippen LogP contribution in [0.2, 0.25) is 0 Å². The van der Waals surface area contributed by atoms with Crippen molar-refractivity contribution in [3.8, 4) is 0 Å². The average molecular weight is 318 g/mol. The number of thiol groups is 2. The molecule has 0 saturated carbocycles. The van der Waals surface area contributed by atoms with Crippen molar-refractivity contribution >= 4 is 25.3 Å². The van der Waals surface area contributed by atoms with Gasteiger partial charge in [-0.25, -0.2) is 0 Å². The van der Waals surface area contributed by atoms with Crippen LogP contribution < -0.4 is 0 Å². The van der Waals surface area contributed by atoms with Crippen LogP contribution in [0.1, 0.15) is 39.5 Å². The van der Waals surface area contributed by atoms with E-state index in [2.05, 4.69) is 31.8 Å². The van der Waals surface area contributed by atoms with E-state index in [9.17, 15) is 0 Å². The van der Waals surface area contributed by atoms with Crippen LogP contribution in [0, 0.1) is 6.58 Å². The fraction of sp³-hybridized carbons (Fsp3) is 0.750. The molecule has 1 radical (unpaired) electrons. The Hall–Kier alpha value is 0.1000. The first-order valence-electron chi connectivity index (χ1n) is 7.15. The van der Waals surface area contributed by atoms with E-state index in [1.807, 2.05) is 13.8 Å². The maximum Gasteiger partial charge on any atom is 0.0700 e. The molecule has 0 aliphatic carbocycles. The van der Waals surface area contributed by atoms with Gasteiger partial charge < -0.3 is 9.47 Å². The van der Waals surface area contributed by atoms with Crippen molar-refractivity contribution in [2.24, 2.45) is 0 Å². The molecular formula is C16H29O2S2. The summed E-state index contributed by atoms with van der Waals surface area (Å²) in [4.78, 5) is 0. The van der Waals surface area contributed by atoms with E-state index in [4.69, 9.17) is 16.1 Å². The van der Waals surface area contributed by atoms with Gasteiger partial charge in [-0.15, -0.1) is 6.58 Å². The maximum atomic E-state index is 5.63. The van der Waals surface area contributed by atoms with Gasteiger partial charge in [-0.3, -0.25) is 0 Å². The minimum absolute atomic E-state index is 0.285. The molecule has 0 rings (SSSR count). The average Bonchev–Trinajstić information content (AvgIpc) is 2.30. The molecule has 0 aromatic heterocycles. The molecule has 0 aliphatic heterocycles. The van der Waals surface area contributed by atoms with Crippen molar-refractivity contribution in [2.45, 2.75) is 50.0 Å². The molecule has 117 valence electrons. The molecule has 0 N–H and O–H groups in total. The predicted molar refractivity (Wildman–Crippen MR) is 94.0 cm³/mol. The maximum absolute atomic E-state index is 5.63. The van der Waals surface area contributed by atoms with E-state index < -0.39 is 0 Å². The minimum Gasteiger partial charge on any atom is -0.379 e. The van der Waals surface area contributed by atoms with E-state index in [0.717, 1.165) is 37.9 Å². The topological polar surface area (TPSA) is 18.5 Å². The summed E-state index contributed by atoms with van der Waals surface area (Å²) in [6, 6.07) is 0. The molecular weight excluding hydrogens is 288 g/mol. The van der Waals surface area contributed by atoms with Crippen molar-refractivity contribution in [3.05, 3.63) is 24.3 Å². The Bertz CT molecular complexity index is 252. The first-order valence-corrected chi connectivity index (χ1v) is 8.19. The van der Waals surface area contributed by atoms with E-state index in [1.165, 1.54) is 5.57 Å². The highest BCUT2D eigenvalue weighted by molar-refractivity contribution is 7.81. The highest BCUT2D eigenvalue weighted by Gasteiger charge is 2.04. The smallest absolute Gasteiger partial charge is 0.0700 e. The Balaban J connectivity index is 3.28. The molecule has 0 fully saturated rings. The van der Waals surface area contributed by atoms with Crippen LogP contribution in [-0.2, 0) is 9.47 Å². The fourth-order valence-electron chi connectivity index (χ4n) is 1.74. The van der Waals surface area contributed by atoms with Crippen LogP contribution in [-0.4, -0.2) is 36.9 Å². The lowest BCUT2D eigenvalue weighted by atomic mass is 10.1. The predicted octanol–water partition coefficient (Wildman–Crippen LogP) is 4.13. The summed E-state index contributed by atoms with van der Waals surface area (Å²) >= 11 is 8.93. The zero-order valence-electron chi connectivity index (χ0n) is 12.8. The van der Waals surface area contributed by atoms with Crippen molar-refractivity contribution in [1.29, 1.82) is 0 Å². The summed E-state index contributed by atoms with van der Waals surface area (Å²) in [6.07, 6.45) is 3.65. The van der Waals surface area contributed by atoms with Gasteiger partial charge in [0.15, 0.2) is 0 Å². The van der Waals surface area contributed by atoms with E-state index >= 15 is 0 Å². The highest BCUT2D eigenvalue weighted by atomic mass is 32.1. The summed E-state index contributed by atoms with van der Waals surface area (Å²) in [5.41, 5.74) is 2.09. The summed E-state index contributed by atoms with van der Waals surface area (Å²) < 4.78 is 11.0. The van der Waals surface area contributed by atoms with Gasteiger partial charge in [0, 0.05) is 23.7 Å². The number of ether oxygens (including phenoxy) is 2. The Morgan fingerprint density at radius 1 is 0.950 bits per heavy atom. The van der Waals surface area contributed by atoms with Crippen LogP contribution in [0.4, 0.5) is 0 Å². The van der Waals surface area contributed by atoms with Crippen molar-refractivity contribution < 1.29 is 9.47 Å². The second-order valence-corrected chi connectivity index (χ2v) is 6.78. The number of allylic oxidation sites excluding steroid dienone is 2. The molecule has 20 heavy (non-hydrogen) atoms. The molecule has 0 aromatic carbocycles. The molecule has 4 heteroatoms. The van der Waals surface area contributed by atoms with Crippen molar-refractivity contribution in [1.82, 2.24) is 0 Å². The summed E-state index contributed by atoms with van der Waals surface area (Å²) in [7, 11) is 0. The van der Waals surface area contributed by atoms with E-state index in [1.54, 1.807) is 0 Å². The largest absolute Gasteiger partial charge is 0.379 e.